The number of ether oxygens (including phenoxy) is 2. The van der Waals surface area contributed by atoms with E-state index in [4.69, 9.17) is 9.47 Å². The summed E-state index contributed by atoms with van der Waals surface area (Å²) in [6.45, 7) is 2.64. The molecule has 200 valence electrons. The molecule has 2 aliphatic rings. The van der Waals surface area contributed by atoms with Crippen molar-refractivity contribution in [1.29, 1.82) is 0 Å². The first-order valence-corrected chi connectivity index (χ1v) is 13.4. The van der Waals surface area contributed by atoms with Crippen LogP contribution in [-0.2, 0) is 29.2 Å². The van der Waals surface area contributed by atoms with Crippen LogP contribution in [0.5, 0.6) is 11.5 Å². The van der Waals surface area contributed by atoms with E-state index in [0.29, 0.717) is 29.9 Å². The SMILES string of the molecule is C[C@H]1Cc2cc(C(O)=C3C(=O)C(=O)N(Cc4ccccc4)[C@@H]3c3ccc(OCc4ccccc4)cc3)ccc2O1. The minimum Gasteiger partial charge on any atom is -0.507 e. The normalized spacial score (nSPS) is 19.4. The summed E-state index contributed by atoms with van der Waals surface area (Å²) in [5, 5.41) is 11.5. The summed E-state index contributed by atoms with van der Waals surface area (Å²) in [6.07, 6.45) is 0.763. The summed E-state index contributed by atoms with van der Waals surface area (Å²) in [5.74, 6) is -0.0897. The fourth-order valence-electron chi connectivity index (χ4n) is 5.38. The van der Waals surface area contributed by atoms with Crippen LogP contribution in [0.25, 0.3) is 5.76 Å². The zero-order valence-electron chi connectivity index (χ0n) is 22.1. The van der Waals surface area contributed by atoms with Gasteiger partial charge in [-0.15, -0.1) is 0 Å². The maximum atomic E-state index is 13.5. The molecule has 40 heavy (non-hydrogen) atoms. The zero-order valence-corrected chi connectivity index (χ0v) is 22.1. The lowest BCUT2D eigenvalue weighted by atomic mass is 9.94. The maximum absolute atomic E-state index is 13.5. The van der Waals surface area contributed by atoms with Gasteiger partial charge in [-0.3, -0.25) is 9.59 Å². The monoisotopic (exact) mass is 531 g/mol. The predicted octanol–water partition coefficient (Wildman–Crippen LogP) is 6.21. The number of carbonyl (C=O) groups excluding carboxylic acids is 2. The molecular weight excluding hydrogens is 502 g/mol. The third-order valence-corrected chi connectivity index (χ3v) is 7.35. The number of hydrogen-bond donors (Lipinski definition) is 1. The molecule has 2 aliphatic heterocycles. The number of aliphatic hydroxyl groups excluding tert-OH is 1. The molecule has 0 aromatic heterocycles. The van der Waals surface area contributed by atoms with Crippen molar-refractivity contribution < 1.29 is 24.2 Å². The summed E-state index contributed by atoms with van der Waals surface area (Å²) in [5.41, 5.74) is 4.18. The number of nitrogens with zero attached hydrogens (tertiary/aromatic N) is 1. The minimum atomic E-state index is -0.758. The molecule has 0 bridgehead atoms. The number of Topliss-reactive ketones (excluding diaryl/α,β-unsaturated/α-hetero) is 1. The number of ketones is 1. The van der Waals surface area contributed by atoms with Crippen LogP contribution in [0.15, 0.2) is 109 Å². The van der Waals surface area contributed by atoms with Crippen molar-refractivity contribution in [3.63, 3.8) is 0 Å². The molecule has 6 heteroatoms. The number of rotatable bonds is 7. The van der Waals surface area contributed by atoms with Crippen molar-refractivity contribution in [1.82, 2.24) is 4.90 Å². The number of hydrogen-bond acceptors (Lipinski definition) is 5. The number of fused-ring (bicyclic) bond motifs is 1. The first-order valence-electron chi connectivity index (χ1n) is 13.4. The molecule has 1 fully saturated rings. The Morgan fingerprint density at radius 2 is 1.57 bits per heavy atom. The van der Waals surface area contributed by atoms with Crippen molar-refractivity contribution in [3.05, 3.63) is 137 Å². The molecule has 1 N–H and O–H groups in total. The third-order valence-electron chi connectivity index (χ3n) is 7.35. The van der Waals surface area contributed by atoms with Gasteiger partial charge in [-0.05, 0) is 59.5 Å². The summed E-state index contributed by atoms with van der Waals surface area (Å²) >= 11 is 0. The van der Waals surface area contributed by atoms with Gasteiger partial charge in [0.25, 0.3) is 11.7 Å². The quantitative estimate of drug-likeness (QED) is 0.174. The standard InChI is InChI=1S/C34H29NO5/c1-22-18-27-19-26(14-17-29(27)40-22)32(36)30-31(35(34(38)33(30)37)20-23-8-4-2-5-9-23)25-12-15-28(16-13-25)39-21-24-10-6-3-7-11-24/h2-17,19,22,31,36H,18,20-21H2,1H3/t22-,31+/m0/s1. The molecule has 4 aromatic carbocycles. The summed E-state index contributed by atoms with van der Waals surface area (Å²) in [7, 11) is 0. The van der Waals surface area contributed by atoms with E-state index in [1.807, 2.05) is 104 Å². The first-order chi connectivity index (χ1) is 19.5. The third kappa shape index (κ3) is 4.96. The Kier molecular flexibility index (Phi) is 6.83. The molecule has 4 aromatic rings. The Morgan fingerprint density at radius 1 is 0.900 bits per heavy atom. The van der Waals surface area contributed by atoms with Crippen molar-refractivity contribution in [2.75, 3.05) is 0 Å². The average Bonchev–Trinajstić information content (AvgIpc) is 3.48. The fraction of sp³-hybridized carbons (Fsp3) is 0.176. The molecular formula is C34H29NO5. The van der Waals surface area contributed by atoms with Gasteiger partial charge in [0.1, 0.15) is 30.0 Å². The number of benzene rings is 4. The highest BCUT2D eigenvalue weighted by Crippen LogP contribution is 2.41. The average molecular weight is 532 g/mol. The Balaban J connectivity index is 1.37. The lowest BCUT2D eigenvalue weighted by Crippen LogP contribution is -2.29. The van der Waals surface area contributed by atoms with E-state index in [1.54, 1.807) is 6.07 Å². The molecule has 0 saturated carbocycles. The van der Waals surface area contributed by atoms with E-state index < -0.39 is 17.7 Å². The molecule has 1 saturated heterocycles. The predicted molar refractivity (Wildman–Crippen MR) is 152 cm³/mol. The van der Waals surface area contributed by atoms with Gasteiger partial charge in [0.05, 0.1) is 11.6 Å². The van der Waals surface area contributed by atoms with Crippen LogP contribution in [-0.4, -0.2) is 27.8 Å². The smallest absolute Gasteiger partial charge is 0.295 e. The Hall–Kier alpha value is -4.84. The van der Waals surface area contributed by atoms with Gasteiger partial charge in [-0.1, -0.05) is 72.8 Å². The van der Waals surface area contributed by atoms with Crippen LogP contribution in [0.4, 0.5) is 0 Å². The van der Waals surface area contributed by atoms with Gasteiger partial charge < -0.3 is 19.5 Å². The van der Waals surface area contributed by atoms with Gasteiger partial charge in [0, 0.05) is 18.5 Å². The second-order valence-corrected chi connectivity index (χ2v) is 10.2. The fourth-order valence-corrected chi connectivity index (χ4v) is 5.38. The van der Waals surface area contributed by atoms with E-state index in [2.05, 4.69) is 0 Å². The van der Waals surface area contributed by atoms with Crippen LogP contribution >= 0.6 is 0 Å². The molecule has 6 rings (SSSR count). The van der Waals surface area contributed by atoms with Crippen molar-refractivity contribution in [2.45, 2.75) is 38.6 Å². The van der Waals surface area contributed by atoms with E-state index in [0.717, 1.165) is 22.4 Å². The van der Waals surface area contributed by atoms with Gasteiger partial charge in [-0.2, -0.15) is 0 Å². The van der Waals surface area contributed by atoms with Gasteiger partial charge in [0.15, 0.2) is 0 Å². The van der Waals surface area contributed by atoms with Gasteiger partial charge >= 0.3 is 0 Å². The summed E-state index contributed by atoms with van der Waals surface area (Å²) < 4.78 is 11.7. The number of amides is 1. The van der Waals surface area contributed by atoms with Gasteiger partial charge in [0.2, 0.25) is 0 Å². The van der Waals surface area contributed by atoms with Crippen molar-refractivity contribution in [3.8, 4) is 11.5 Å². The Labute approximate surface area is 233 Å². The molecule has 0 spiro atoms. The molecule has 1 amide bonds. The molecule has 2 atom stereocenters. The lowest BCUT2D eigenvalue weighted by Gasteiger charge is -2.25. The van der Waals surface area contributed by atoms with E-state index >= 15 is 0 Å². The Bertz CT molecular complexity index is 1580. The van der Waals surface area contributed by atoms with Crippen molar-refractivity contribution >= 4 is 17.4 Å². The highest BCUT2D eigenvalue weighted by molar-refractivity contribution is 6.46. The number of carbonyl (C=O) groups is 2. The van der Waals surface area contributed by atoms with Crippen LogP contribution in [0.3, 0.4) is 0 Å². The molecule has 0 unspecified atom stereocenters. The van der Waals surface area contributed by atoms with Gasteiger partial charge in [-0.25, -0.2) is 0 Å². The van der Waals surface area contributed by atoms with Crippen LogP contribution < -0.4 is 9.47 Å². The summed E-state index contributed by atoms with van der Waals surface area (Å²) in [4.78, 5) is 28.4. The largest absolute Gasteiger partial charge is 0.507 e. The highest BCUT2D eigenvalue weighted by Gasteiger charge is 2.46. The lowest BCUT2D eigenvalue weighted by molar-refractivity contribution is -0.140. The second kappa shape index (κ2) is 10.7. The Morgan fingerprint density at radius 3 is 2.27 bits per heavy atom. The van der Waals surface area contributed by atoms with Crippen LogP contribution in [0.2, 0.25) is 0 Å². The number of likely N-dealkylation sites (tertiary alicyclic amines) is 1. The minimum absolute atomic E-state index is 0.0477. The molecule has 6 nitrogen and oxygen atoms in total. The zero-order chi connectivity index (χ0) is 27.6. The molecule has 0 radical (unpaired) electrons. The highest BCUT2D eigenvalue weighted by atomic mass is 16.5. The summed E-state index contributed by atoms with van der Waals surface area (Å²) in [6, 6.07) is 31.4. The first kappa shape index (κ1) is 25.4. The molecule has 2 heterocycles. The maximum Gasteiger partial charge on any atom is 0.295 e. The van der Waals surface area contributed by atoms with E-state index in [-0.39, 0.29) is 24.0 Å². The number of aliphatic hydroxyl groups is 1. The van der Waals surface area contributed by atoms with Crippen LogP contribution in [0, 0.1) is 0 Å². The topological polar surface area (TPSA) is 76.1 Å². The molecule has 0 aliphatic carbocycles. The van der Waals surface area contributed by atoms with Crippen LogP contribution in [0.1, 0.15) is 40.8 Å². The van der Waals surface area contributed by atoms with Crippen molar-refractivity contribution in [2.24, 2.45) is 0 Å². The van der Waals surface area contributed by atoms with E-state index in [9.17, 15) is 14.7 Å². The second-order valence-electron chi connectivity index (χ2n) is 10.2. The van der Waals surface area contributed by atoms with E-state index in [1.165, 1.54) is 4.90 Å².